The quantitative estimate of drug-likeness (QED) is 0.797. The van der Waals surface area contributed by atoms with Gasteiger partial charge in [0.15, 0.2) is 5.65 Å². The number of hydrogen-bond donors (Lipinski definition) is 1. The lowest BCUT2D eigenvalue weighted by Crippen LogP contribution is -2.35. The summed E-state index contributed by atoms with van der Waals surface area (Å²) in [5, 5.41) is 5.22. The summed E-state index contributed by atoms with van der Waals surface area (Å²) in [5.74, 6) is 1.49. The summed E-state index contributed by atoms with van der Waals surface area (Å²) < 4.78 is 25.1. The molecule has 1 aliphatic rings. The highest BCUT2D eigenvalue weighted by atomic mass is 32.2. The maximum atomic E-state index is 10.5. The zero-order valence-corrected chi connectivity index (χ0v) is 13.3. The maximum absolute atomic E-state index is 10.5. The predicted octanol–water partition coefficient (Wildman–Crippen LogP) is 0.353. The molecular weight excluding hydrogens is 304 g/mol. The molecule has 0 aliphatic carbocycles. The van der Waals surface area contributed by atoms with Gasteiger partial charge in [-0.25, -0.2) is 14.7 Å². The van der Waals surface area contributed by atoms with Gasteiger partial charge < -0.3 is 9.45 Å². The molecule has 2 aromatic heterocycles. The van der Waals surface area contributed by atoms with Crippen molar-refractivity contribution in [3.63, 3.8) is 0 Å². The third-order valence-corrected chi connectivity index (χ3v) is 4.63. The van der Waals surface area contributed by atoms with E-state index >= 15 is 0 Å². The molecule has 0 bridgehead atoms. The Bertz CT molecular complexity index is 668. The number of anilines is 1. The average Bonchev–Trinajstić information content (AvgIpc) is 2.89. The van der Waals surface area contributed by atoms with Gasteiger partial charge in [0.05, 0.1) is 11.6 Å². The van der Waals surface area contributed by atoms with Crippen molar-refractivity contribution in [1.29, 1.82) is 0 Å². The summed E-state index contributed by atoms with van der Waals surface area (Å²) >= 11 is -2.16. The van der Waals surface area contributed by atoms with Crippen molar-refractivity contribution in [3.8, 4) is 0 Å². The fourth-order valence-corrected chi connectivity index (χ4v) is 3.27. The molecule has 120 valence electrons. The molecule has 0 saturated carbocycles. The van der Waals surface area contributed by atoms with E-state index in [-0.39, 0.29) is 0 Å². The van der Waals surface area contributed by atoms with E-state index in [9.17, 15) is 8.76 Å². The minimum atomic E-state index is -2.16. The first kappa shape index (κ1) is 15.3. The second-order valence-electron chi connectivity index (χ2n) is 5.55. The Labute approximate surface area is 131 Å². The van der Waals surface area contributed by atoms with Gasteiger partial charge in [-0.15, -0.1) is 0 Å². The minimum Gasteiger partial charge on any atom is -0.760 e. The van der Waals surface area contributed by atoms with Crippen LogP contribution < -0.4 is 9.62 Å². The van der Waals surface area contributed by atoms with Gasteiger partial charge in [-0.1, -0.05) is 0 Å². The van der Waals surface area contributed by atoms with E-state index in [1.165, 1.54) is 0 Å². The molecule has 2 aromatic rings. The molecular formula is C13H19N6O2S-. The van der Waals surface area contributed by atoms with Crippen LogP contribution in [0, 0.1) is 5.92 Å². The standard InChI is InChI=1S/C13H20N6O2S/c1-18-12-11(8-16-18)13(15-9-14-12)19-6-3-10(4-7-19)2-5-17-22(20)21/h8-10,17H,2-7H2,1H3,(H,20,21)/p-1. The Morgan fingerprint density at radius 3 is 2.91 bits per heavy atom. The fraction of sp³-hybridized carbons (Fsp3) is 0.615. The lowest BCUT2D eigenvalue weighted by molar-refractivity contribution is 0.380. The van der Waals surface area contributed by atoms with Gasteiger partial charge in [-0.2, -0.15) is 5.10 Å². The first-order chi connectivity index (χ1) is 10.6. The van der Waals surface area contributed by atoms with E-state index in [4.69, 9.17) is 0 Å². The molecule has 3 rings (SSSR count). The number of nitrogens with zero attached hydrogens (tertiary/aromatic N) is 5. The van der Waals surface area contributed by atoms with Crippen LogP contribution in [0.2, 0.25) is 0 Å². The van der Waals surface area contributed by atoms with Gasteiger partial charge >= 0.3 is 0 Å². The number of aryl methyl sites for hydroxylation is 1. The van der Waals surface area contributed by atoms with Crippen LogP contribution in [0.5, 0.6) is 0 Å². The van der Waals surface area contributed by atoms with Crippen molar-refractivity contribution in [2.45, 2.75) is 19.3 Å². The summed E-state index contributed by atoms with van der Waals surface area (Å²) in [4.78, 5) is 11.0. The highest BCUT2D eigenvalue weighted by Crippen LogP contribution is 2.27. The number of rotatable bonds is 5. The predicted molar refractivity (Wildman–Crippen MR) is 82.8 cm³/mol. The number of aromatic nitrogens is 4. The highest BCUT2D eigenvalue weighted by Gasteiger charge is 2.22. The molecule has 1 aliphatic heterocycles. The van der Waals surface area contributed by atoms with Gasteiger partial charge in [-0.05, 0) is 25.2 Å². The van der Waals surface area contributed by atoms with Crippen molar-refractivity contribution < 1.29 is 8.76 Å². The molecule has 1 unspecified atom stereocenters. The lowest BCUT2D eigenvalue weighted by atomic mass is 9.93. The minimum absolute atomic E-state index is 0.515. The normalized spacial score (nSPS) is 18.0. The molecule has 3 heterocycles. The Morgan fingerprint density at radius 1 is 1.41 bits per heavy atom. The van der Waals surface area contributed by atoms with E-state index in [1.54, 1.807) is 11.0 Å². The Kier molecular flexibility index (Phi) is 4.65. The first-order valence-electron chi connectivity index (χ1n) is 7.35. The van der Waals surface area contributed by atoms with E-state index in [0.29, 0.717) is 12.5 Å². The van der Waals surface area contributed by atoms with Crippen LogP contribution in [0.25, 0.3) is 11.0 Å². The van der Waals surface area contributed by atoms with Gasteiger partial charge in [0.25, 0.3) is 0 Å². The SMILES string of the molecule is Cn1ncc2c(N3CCC(CCNS(=O)[O-])CC3)ncnc21. The number of hydrogen-bond acceptors (Lipinski definition) is 6. The van der Waals surface area contributed by atoms with Crippen LogP contribution in [0.3, 0.4) is 0 Å². The molecule has 1 saturated heterocycles. The van der Waals surface area contributed by atoms with Crippen LogP contribution in [0.4, 0.5) is 5.82 Å². The summed E-state index contributed by atoms with van der Waals surface area (Å²) in [6, 6.07) is 0. The van der Waals surface area contributed by atoms with Crippen LogP contribution in [0.15, 0.2) is 12.5 Å². The second-order valence-corrected chi connectivity index (χ2v) is 6.31. The van der Waals surface area contributed by atoms with Gasteiger partial charge in [0.2, 0.25) is 0 Å². The molecule has 1 fully saturated rings. The van der Waals surface area contributed by atoms with Crippen LogP contribution in [0.1, 0.15) is 19.3 Å². The first-order valence-corrected chi connectivity index (χ1v) is 8.43. The Hall–Kier alpha value is -1.58. The van der Waals surface area contributed by atoms with Crippen molar-refractivity contribution >= 4 is 28.1 Å². The van der Waals surface area contributed by atoms with Crippen molar-refractivity contribution in [1.82, 2.24) is 24.5 Å². The van der Waals surface area contributed by atoms with Gasteiger partial charge in [0, 0.05) is 37.9 Å². The van der Waals surface area contributed by atoms with Gasteiger partial charge in [0.1, 0.15) is 12.1 Å². The third kappa shape index (κ3) is 3.26. The molecule has 1 N–H and O–H groups in total. The van der Waals surface area contributed by atoms with E-state index < -0.39 is 11.3 Å². The zero-order valence-electron chi connectivity index (χ0n) is 12.4. The Morgan fingerprint density at radius 2 is 2.18 bits per heavy atom. The molecule has 1 atom stereocenters. The van der Waals surface area contributed by atoms with Crippen LogP contribution >= 0.6 is 0 Å². The van der Waals surface area contributed by atoms with Crippen molar-refractivity contribution in [2.24, 2.45) is 13.0 Å². The van der Waals surface area contributed by atoms with Crippen molar-refractivity contribution in [3.05, 3.63) is 12.5 Å². The molecule has 0 spiro atoms. The number of fused-ring (bicyclic) bond motifs is 1. The van der Waals surface area contributed by atoms with E-state index in [1.807, 2.05) is 13.2 Å². The average molecular weight is 323 g/mol. The van der Waals surface area contributed by atoms with Crippen LogP contribution in [-0.4, -0.2) is 48.1 Å². The lowest BCUT2D eigenvalue weighted by Gasteiger charge is -2.33. The number of piperidine rings is 1. The van der Waals surface area contributed by atoms with Gasteiger partial charge in [-0.3, -0.25) is 8.89 Å². The molecule has 0 radical (unpaired) electrons. The maximum Gasteiger partial charge on any atom is 0.163 e. The van der Waals surface area contributed by atoms with Crippen molar-refractivity contribution in [2.75, 3.05) is 24.5 Å². The fourth-order valence-electron chi connectivity index (χ4n) is 2.98. The smallest absolute Gasteiger partial charge is 0.163 e. The molecule has 22 heavy (non-hydrogen) atoms. The molecule has 9 heteroatoms. The summed E-state index contributed by atoms with van der Waals surface area (Å²) in [5.41, 5.74) is 0.842. The third-order valence-electron chi connectivity index (χ3n) is 4.19. The topological polar surface area (TPSA) is 99.0 Å². The molecule has 0 aromatic carbocycles. The van der Waals surface area contributed by atoms with E-state index in [0.717, 1.165) is 49.2 Å². The summed E-state index contributed by atoms with van der Waals surface area (Å²) in [6.07, 6.45) is 6.36. The number of nitrogens with one attached hydrogen (secondary N) is 1. The van der Waals surface area contributed by atoms with Crippen LogP contribution in [-0.2, 0) is 18.3 Å². The molecule has 8 nitrogen and oxygen atoms in total. The summed E-state index contributed by atoms with van der Waals surface area (Å²) in [7, 11) is 1.87. The zero-order chi connectivity index (χ0) is 15.5. The second kappa shape index (κ2) is 6.67. The summed E-state index contributed by atoms with van der Waals surface area (Å²) in [6.45, 7) is 2.36. The molecule has 0 amide bonds. The monoisotopic (exact) mass is 323 g/mol. The largest absolute Gasteiger partial charge is 0.760 e. The Balaban J connectivity index is 1.62. The highest BCUT2D eigenvalue weighted by molar-refractivity contribution is 7.77. The van der Waals surface area contributed by atoms with E-state index in [2.05, 4.69) is 24.7 Å².